The molecule has 3 aromatic rings. The number of ether oxygens (including phenoxy) is 1. The van der Waals surface area contributed by atoms with Crippen LogP contribution in [0.15, 0.2) is 72.8 Å². The second-order valence-electron chi connectivity index (χ2n) is 7.95. The van der Waals surface area contributed by atoms with Crippen LogP contribution in [0.4, 0.5) is 11.4 Å². The third kappa shape index (κ3) is 4.50. The molecule has 3 aromatic carbocycles. The standard InChI is InChI=1S/C26H26N2O3S/c1-17(2)22-12-4-5-13-23(22)28-24(29)16-32-26(28)19-9-6-10-20(14-19)27-25(30)18-8-7-11-21(15-18)31-3/h4-15,17,26H,16H2,1-3H3,(H,27,30)/t26-/m1/s1. The minimum atomic E-state index is -0.210. The van der Waals surface area contributed by atoms with Gasteiger partial charge in [-0.3, -0.25) is 14.5 Å². The Bertz CT molecular complexity index is 1150. The topological polar surface area (TPSA) is 58.6 Å². The first-order chi connectivity index (χ1) is 15.5. The highest BCUT2D eigenvalue weighted by Crippen LogP contribution is 2.44. The first kappa shape index (κ1) is 22.0. The molecule has 1 N–H and O–H groups in total. The van der Waals surface area contributed by atoms with Crippen molar-refractivity contribution in [2.45, 2.75) is 25.1 Å². The van der Waals surface area contributed by atoms with Crippen molar-refractivity contribution in [3.8, 4) is 5.75 Å². The smallest absolute Gasteiger partial charge is 0.255 e. The zero-order chi connectivity index (χ0) is 22.7. The number of thioether (sulfide) groups is 1. The zero-order valence-corrected chi connectivity index (χ0v) is 19.2. The molecular weight excluding hydrogens is 420 g/mol. The molecule has 1 atom stereocenters. The minimum Gasteiger partial charge on any atom is -0.497 e. The normalized spacial score (nSPS) is 15.8. The molecule has 1 aliphatic rings. The minimum absolute atomic E-state index is 0.0962. The Morgan fingerprint density at radius 3 is 2.62 bits per heavy atom. The molecule has 2 amide bonds. The van der Waals surface area contributed by atoms with E-state index >= 15 is 0 Å². The molecule has 0 spiro atoms. The van der Waals surface area contributed by atoms with Crippen LogP contribution in [0.25, 0.3) is 0 Å². The molecule has 4 rings (SSSR count). The maximum atomic E-state index is 12.9. The van der Waals surface area contributed by atoms with Gasteiger partial charge in [-0.2, -0.15) is 0 Å². The number of hydrogen-bond donors (Lipinski definition) is 1. The highest BCUT2D eigenvalue weighted by Gasteiger charge is 2.35. The molecule has 0 aliphatic carbocycles. The molecular formula is C26H26N2O3S. The van der Waals surface area contributed by atoms with Crippen LogP contribution < -0.4 is 15.0 Å². The highest BCUT2D eigenvalue weighted by atomic mass is 32.2. The molecule has 0 unspecified atom stereocenters. The van der Waals surface area contributed by atoms with Gasteiger partial charge in [0, 0.05) is 16.9 Å². The summed E-state index contributed by atoms with van der Waals surface area (Å²) in [6.45, 7) is 4.27. The van der Waals surface area contributed by atoms with E-state index in [0.29, 0.717) is 28.7 Å². The number of rotatable bonds is 6. The second-order valence-corrected chi connectivity index (χ2v) is 9.02. The Morgan fingerprint density at radius 1 is 1.06 bits per heavy atom. The number of anilines is 2. The van der Waals surface area contributed by atoms with Crippen molar-refractivity contribution < 1.29 is 14.3 Å². The number of benzene rings is 3. The average molecular weight is 447 g/mol. The first-order valence-electron chi connectivity index (χ1n) is 10.6. The summed E-state index contributed by atoms with van der Waals surface area (Å²) in [7, 11) is 1.57. The Hall–Kier alpha value is -3.25. The van der Waals surface area contributed by atoms with Crippen LogP contribution in [-0.4, -0.2) is 24.7 Å². The van der Waals surface area contributed by atoms with Crippen molar-refractivity contribution >= 4 is 35.0 Å². The first-order valence-corrected chi connectivity index (χ1v) is 11.6. The number of nitrogens with zero attached hydrogens (tertiary/aromatic N) is 1. The fourth-order valence-corrected chi connectivity index (χ4v) is 5.02. The summed E-state index contributed by atoms with van der Waals surface area (Å²) < 4.78 is 5.21. The Labute approximate surface area is 192 Å². The largest absolute Gasteiger partial charge is 0.497 e. The van der Waals surface area contributed by atoms with Gasteiger partial charge in [-0.05, 0) is 53.4 Å². The number of nitrogens with one attached hydrogen (secondary N) is 1. The monoisotopic (exact) mass is 446 g/mol. The summed E-state index contributed by atoms with van der Waals surface area (Å²) in [5.74, 6) is 1.25. The van der Waals surface area contributed by atoms with Crippen LogP contribution in [0.3, 0.4) is 0 Å². The zero-order valence-electron chi connectivity index (χ0n) is 18.4. The Balaban J connectivity index is 1.61. The summed E-state index contributed by atoms with van der Waals surface area (Å²) in [5, 5.41) is 2.82. The Kier molecular flexibility index (Phi) is 6.51. The van der Waals surface area contributed by atoms with Crippen molar-refractivity contribution in [2.24, 2.45) is 0 Å². The van der Waals surface area contributed by atoms with E-state index in [4.69, 9.17) is 4.74 Å². The fraction of sp³-hybridized carbons (Fsp3) is 0.231. The lowest BCUT2D eigenvalue weighted by Gasteiger charge is -2.28. The van der Waals surface area contributed by atoms with Gasteiger partial charge in [0.2, 0.25) is 5.91 Å². The van der Waals surface area contributed by atoms with Gasteiger partial charge in [0.25, 0.3) is 5.91 Å². The molecule has 5 nitrogen and oxygen atoms in total. The molecule has 1 fully saturated rings. The van der Waals surface area contributed by atoms with Crippen LogP contribution >= 0.6 is 11.8 Å². The molecule has 0 radical (unpaired) electrons. The predicted molar refractivity (Wildman–Crippen MR) is 131 cm³/mol. The van der Waals surface area contributed by atoms with E-state index in [1.54, 1.807) is 43.1 Å². The molecule has 6 heteroatoms. The van der Waals surface area contributed by atoms with Gasteiger partial charge < -0.3 is 10.1 Å². The fourth-order valence-electron chi connectivity index (χ4n) is 3.86. The summed E-state index contributed by atoms with van der Waals surface area (Å²) in [4.78, 5) is 27.5. The third-order valence-electron chi connectivity index (χ3n) is 5.45. The quantitative estimate of drug-likeness (QED) is 0.516. The lowest BCUT2D eigenvalue weighted by molar-refractivity contribution is -0.115. The van der Waals surface area contributed by atoms with Crippen LogP contribution in [0.2, 0.25) is 0 Å². The van der Waals surface area contributed by atoms with E-state index in [0.717, 1.165) is 16.8 Å². The van der Waals surface area contributed by atoms with E-state index in [1.807, 2.05) is 47.4 Å². The van der Waals surface area contributed by atoms with Gasteiger partial charge in [-0.1, -0.05) is 50.2 Å². The van der Waals surface area contributed by atoms with Gasteiger partial charge in [-0.15, -0.1) is 11.8 Å². The van der Waals surface area contributed by atoms with Crippen molar-refractivity contribution in [3.05, 3.63) is 89.5 Å². The van der Waals surface area contributed by atoms with Crippen molar-refractivity contribution in [3.63, 3.8) is 0 Å². The summed E-state index contributed by atoms with van der Waals surface area (Å²) in [5.41, 5.74) is 4.28. The van der Waals surface area contributed by atoms with Crippen LogP contribution in [-0.2, 0) is 4.79 Å². The Morgan fingerprint density at radius 2 is 1.84 bits per heavy atom. The molecule has 32 heavy (non-hydrogen) atoms. The van der Waals surface area contributed by atoms with Crippen molar-refractivity contribution in [1.82, 2.24) is 0 Å². The third-order valence-corrected chi connectivity index (χ3v) is 6.66. The summed E-state index contributed by atoms with van der Waals surface area (Å²) in [6, 6.07) is 22.8. The molecule has 0 saturated carbocycles. The van der Waals surface area contributed by atoms with E-state index in [-0.39, 0.29) is 17.2 Å². The van der Waals surface area contributed by atoms with Crippen LogP contribution in [0.1, 0.15) is 46.6 Å². The van der Waals surface area contributed by atoms with Crippen molar-refractivity contribution in [1.29, 1.82) is 0 Å². The molecule has 0 bridgehead atoms. The summed E-state index contributed by atoms with van der Waals surface area (Å²) in [6.07, 6.45) is 0. The summed E-state index contributed by atoms with van der Waals surface area (Å²) >= 11 is 1.60. The van der Waals surface area contributed by atoms with E-state index in [9.17, 15) is 9.59 Å². The number of methoxy groups -OCH3 is 1. The average Bonchev–Trinajstić information content (AvgIpc) is 3.20. The maximum absolute atomic E-state index is 12.9. The highest BCUT2D eigenvalue weighted by molar-refractivity contribution is 8.00. The van der Waals surface area contributed by atoms with E-state index in [2.05, 4.69) is 25.2 Å². The number of amides is 2. The molecule has 1 saturated heterocycles. The lowest BCUT2D eigenvalue weighted by Crippen LogP contribution is -2.29. The van der Waals surface area contributed by atoms with Crippen molar-refractivity contribution in [2.75, 3.05) is 23.1 Å². The van der Waals surface area contributed by atoms with Crippen LogP contribution in [0.5, 0.6) is 5.75 Å². The number of carbonyl (C=O) groups is 2. The lowest BCUT2D eigenvalue weighted by atomic mass is 10.00. The molecule has 1 heterocycles. The SMILES string of the molecule is COc1cccc(C(=O)Nc2cccc([C@H]3SCC(=O)N3c3ccccc3C(C)C)c2)c1. The van der Waals surface area contributed by atoms with Gasteiger partial charge in [-0.25, -0.2) is 0 Å². The van der Waals surface area contributed by atoms with Gasteiger partial charge in [0.15, 0.2) is 0 Å². The van der Waals surface area contributed by atoms with Gasteiger partial charge >= 0.3 is 0 Å². The van der Waals surface area contributed by atoms with Crippen LogP contribution in [0, 0.1) is 0 Å². The second kappa shape index (κ2) is 9.49. The van der Waals surface area contributed by atoms with E-state index < -0.39 is 0 Å². The predicted octanol–water partition coefficient (Wildman–Crippen LogP) is 5.85. The number of para-hydroxylation sites is 1. The van der Waals surface area contributed by atoms with Gasteiger partial charge in [0.05, 0.1) is 12.9 Å². The number of hydrogen-bond acceptors (Lipinski definition) is 4. The molecule has 1 aliphatic heterocycles. The van der Waals surface area contributed by atoms with E-state index in [1.165, 1.54) is 0 Å². The number of carbonyl (C=O) groups excluding carboxylic acids is 2. The maximum Gasteiger partial charge on any atom is 0.255 e. The molecule has 0 aromatic heterocycles. The van der Waals surface area contributed by atoms with Gasteiger partial charge in [0.1, 0.15) is 11.1 Å². The molecule has 164 valence electrons.